The molecule has 1 saturated carbocycles. The van der Waals surface area contributed by atoms with E-state index in [0.717, 1.165) is 15.9 Å². The van der Waals surface area contributed by atoms with E-state index in [1.807, 2.05) is 6.92 Å². The molecule has 3 heteroatoms. The molecule has 2 atom stereocenters. The number of aromatic nitrogens is 1. The van der Waals surface area contributed by atoms with Gasteiger partial charge in [0.2, 0.25) is 5.88 Å². The fraction of sp³-hybridized carbons (Fsp3) is 0.615. The third kappa shape index (κ3) is 2.76. The average Bonchev–Trinajstić information content (AvgIpc) is 2.25. The van der Waals surface area contributed by atoms with Crippen molar-refractivity contribution in [1.82, 2.24) is 4.98 Å². The number of hydrogen-bond donors (Lipinski definition) is 0. The second-order valence-electron chi connectivity index (χ2n) is 4.69. The van der Waals surface area contributed by atoms with Crippen LogP contribution in [0.15, 0.2) is 16.7 Å². The molecular weight excluding hydrogens is 266 g/mol. The highest BCUT2D eigenvalue weighted by atomic mass is 79.9. The molecule has 0 aliphatic heterocycles. The van der Waals surface area contributed by atoms with Crippen LogP contribution in [-0.2, 0) is 0 Å². The van der Waals surface area contributed by atoms with Gasteiger partial charge in [-0.1, -0.05) is 13.3 Å². The van der Waals surface area contributed by atoms with Gasteiger partial charge in [0.05, 0.1) is 0 Å². The number of nitrogens with zero attached hydrogens (tertiary/aromatic N) is 1. The maximum atomic E-state index is 6.02. The van der Waals surface area contributed by atoms with Crippen LogP contribution in [0.25, 0.3) is 0 Å². The Morgan fingerprint density at radius 1 is 1.38 bits per heavy atom. The molecule has 0 amide bonds. The molecule has 0 N–H and O–H groups in total. The van der Waals surface area contributed by atoms with Gasteiger partial charge in [-0.15, -0.1) is 0 Å². The van der Waals surface area contributed by atoms with Gasteiger partial charge in [-0.05, 0) is 54.1 Å². The predicted octanol–water partition coefficient (Wildman–Crippen LogP) is 4.11. The van der Waals surface area contributed by atoms with E-state index in [0.29, 0.717) is 12.0 Å². The molecule has 1 aromatic heterocycles. The Hall–Kier alpha value is -0.570. The first-order valence-corrected chi connectivity index (χ1v) is 6.75. The van der Waals surface area contributed by atoms with E-state index in [-0.39, 0.29) is 0 Å². The summed E-state index contributed by atoms with van der Waals surface area (Å²) in [4.78, 5) is 4.34. The van der Waals surface area contributed by atoms with Gasteiger partial charge in [-0.3, -0.25) is 0 Å². The molecule has 2 unspecified atom stereocenters. The van der Waals surface area contributed by atoms with Crippen molar-refractivity contribution in [2.45, 2.75) is 45.6 Å². The summed E-state index contributed by atoms with van der Waals surface area (Å²) in [5, 5.41) is 0. The fourth-order valence-electron chi connectivity index (χ4n) is 2.25. The van der Waals surface area contributed by atoms with Crippen molar-refractivity contribution in [2.24, 2.45) is 5.92 Å². The quantitative estimate of drug-likeness (QED) is 0.815. The van der Waals surface area contributed by atoms with Gasteiger partial charge in [0.15, 0.2) is 0 Å². The Morgan fingerprint density at radius 3 is 2.81 bits per heavy atom. The van der Waals surface area contributed by atoms with E-state index in [9.17, 15) is 0 Å². The molecule has 1 aliphatic carbocycles. The largest absolute Gasteiger partial charge is 0.474 e. The second kappa shape index (κ2) is 5.17. The van der Waals surface area contributed by atoms with Gasteiger partial charge >= 0.3 is 0 Å². The van der Waals surface area contributed by atoms with Crippen molar-refractivity contribution in [3.8, 4) is 5.88 Å². The van der Waals surface area contributed by atoms with E-state index in [4.69, 9.17) is 4.74 Å². The average molecular weight is 284 g/mol. The Labute approximate surface area is 106 Å². The first-order chi connectivity index (χ1) is 7.66. The standard InChI is InChI=1S/C13H18BrNO/c1-9-5-3-4-6-12(9)16-13-10(2)7-11(14)8-15-13/h7-9,12H,3-6H2,1-2H3. The molecule has 0 saturated heterocycles. The third-order valence-corrected chi connectivity index (χ3v) is 3.73. The molecule has 1 aromatic rings. The summed E-state index contributed by atoms with van der Waals surface area (Å²) < 4.78 is 7.03. The SMILES string of the molecule is Cc1cc(Br)cnc1OC1CCCCC1C. The van der Waals surface area contributed by atoms with E-state index in [1.165, 1.54) is 25.7 Å². The monoisotopic (exact) mass is 283 g/mol. The third-order valence-electron chi connectivity index (χ3n) is 3.29. The number of hydrogen-bond acceptors (Lipinski definition) is 2. The molecule has 0 spiro atoms. The van der Waals surface area contributed by atoms with Crippen LogP contribution in [0.4, 0.5) is 0 Å². The summed E-state index contributed by atoms with van der Waals surface area (Å²) in [6, 6.07) is 2.05. The highest BCUT2D eigenvalue weighted by molar-refractivity contribution is 9.10. The lowest BCUT2D eigenvalue weighted by Gasteiger charge is -2.29. The number of halogens is 1. The van der Waals surface area contributed by atoms with Crippen molar-refractivity contribution in [3.63, 3.8) is 0 Å². The number of aryl methyl sites for hydroxylation is 1. The summed E-state index contributed by atoms with van der Waals surface area (Å²) >= 11 is 3.42. The lowest BCUT2D eigenvalue weighted by Crippen LogP contribution is -2.28. The van der Waals surface area contributed by atoms with Crippen LogP contribution in [0.5, 0.6) is 5.88 Å². The number of ether oxygens (including phenoxy) is 1. The molecule has 2 rings (SSSR count). The van der Waals surface area contributed by atoms with Crippen molar-refractivity contribution in [2.75, 3.05) is 0 Å². The second-order valence-corrected chi connectivity index (χ2v) is 5.61. The molecule has 0 radical (unpaired) electrons. The molecular formula is C13H18BrNO. The van der Waals surface area contributed by atoms with Crippen molar-refractivity contribution >= 4 is 15.9 Å². The lowest BCUT2D eigenvalue weighted by atomic mass is 9.88. The van der Waals surface area contributed by atoms with Gasteiger partial charge in [0, 0.05) is 16.2 Å². The van der Waals surface area contributed by atoms with Crippen LogP contribution in [-0.4, -0.2) is 11.1 Å². The highest BCUT2D eigenvalue weighted by Gasteiger charge is 2.23. The summed E-state index contributed by atoms with van der Waals surface area (Å²) in [6.45, 7) is 4.32. The van der Waals surface area contributed by atoms with Crippen molar-refractivity contribution in [3.05, 3.63) is 22.3 Å². The number of pyridine rings is 1. The Morgan fingerprint density at radius 2 is 2.12 bits per heavy atom. The van der Waals surface area contributed by atoms with Gasteiger partial charge in [-0.2, -0.15) is 0 Å². The molecule has 1 aliphatic rings. The summed E-state index contributed by atoms with van der Waals surface area (Å²) in [6.07, 6.45) is 7.22. The van der Waals surface area contributed by atoms with E-state index >= 15 is 0 Å². The minimum absolute atomic E-state index is 0.348. The molecule has 88 valence electrons. The smallest absolute Gasteiger partial charge is 0.216 e. The number of rotatable bonds is 2. The molecule has 2 nitrogen and oxygen atoms in total. The zero-order chi connectivity index (χ0) is 11.5. The maximum absolute atomic E-state index is 6.02. The minimum atomic E-state index is 0.348. The predicted molar refractivity (Wildman–Crippen MR) is 68.7 cm³/mol. The van der Waals surface area contributed by atoms with E-state index < -0.39 is 0 Å². The molecule has 1 fully saturated rings. The first kappa shape index (κ1) is 11.9. The van der Waals surface area contributed by atoms with Crippen LogP contribution < -0.4 is 4.74 Å². The van der Waals surface area contributed by atoms with Gasteiger partial charge < -0.3 is 4.74 Å². The maximum Gasteiger partial charge on any atom is 0.216 e. The topological polar surface area (TPSA) is 22.1 Å². The van der Waals surface area contributed by atoms with Crippen molar-refractivity contribution in [1.29, 1.82) is 0 Å². The zero-order valence-electron chi connectivity index (χ0n) is 9.87. The lowest BCUT2D eigenvalue weighted by molar-refractivity contribution is 0.0967. The van der Waals surface area contributed by atoms with Crippen LogP contribution in [0.3, 0.4) is 0 Å². The minimum Gasteiger partial charge on any atom is -0.474 e. The van der Waals surface area contributed by atoms with Gasteiger partial charge in [0.1, 0.15) is 6.10 Å². The van der Waals surface area contributed by atoms with Crippen LogP contribution in [0, 0.1) is 12.8 Å². The zero-order valence-corrected chi connectivity index (χ0v) is 11.5. The fourth-order valence-corrected chi connectivity index (χ4v) is 2.70. The van der Waals surface area contributed by atoms with Crippen molar-refractivity contribution < 1.29 is 4.74 Å². The Kier molecular flexibility index (Phi) is 3.85. The van der Waals surface area contributed by atoms with Gasteiger partial charge in [-0.25, -0.2) is 4.98 Å². The normalized spacial score (nSPS) is 25.4. The summed E-state index contributed by atoms with van der Waals surface area (Å²) in [7, 11) is 0. The molecule has 0 bridgehead atoms. The summed E-state index contributed by atoms with van der Waals surface area (Å²) in [5.41, 5.74) is 1.10. The van der Waals surface area contributed by atoms with Crippen LogP contribution in [0.1, 0.15) is 38.2 Å². The Bertz CT molecular complexity index is 367. The molecule has 0 aromatic carbocycles. The van der Waals surface area contributed by atoms with Crippen LogP contribution >= 0.6 is 15.9 Å². The highest BCUT2D eigenvalue weighted by Crippen LogP contribution is 2.29. The summed E-state index contributed by atoms with van der Waals surface area (Å²) in [5.74, 6) is 1.44. The van der Waals surface area contributed by atoms with Gasteiger partial charge in [0.25, 0.3) is 0 Å². The first-order valence-electron chi connectivity index (χ1n) is 5.95. The van der Waals surface area contributed by atoms with Crippen LogP contribution in [0.2, 0.25) is 0 Å². The Balaban J connectivity index is 2.07. The molecule has 1 heterocycles. The molecule has 16 heavy (non-hydrogen) atoms. The van der Waals surface area contributed by atoms with E-state index in [2.05, 4.69) is 33.9 Å². The van der Waals surface area contributed by atoms with E-state index in [1.54, 1.807) is 6.20 Å².